The number of hydrogen-bond donors (Lipinski definition) is 1. The molecule has 2 aromatic heterocycles. The van der Waals surface area contributed by atoms with E-state index in [4.69, 9.17) is 4.52 Å². The Morgan fingerprint density at radius 3 is 3.24 bits per heavy atom. The molecule has 6 heteroatoms. The number of nitrogens with one attached hydrogen (secondary N) is 1. The zero-order valence-corrected chi connectivity index (χ0v) is 12.9. The lowest BCUT2D eigenvalue weighted by Crippen LogP contribution is -2.40. The van der Waals surface area contributed by atoms with Crippen molar-refractivity contribution >= 4 is 17.4 Å². The molecule has 0 spiro atoms. The lowest BCUT2D eigenvalue weighted by atomic mass is 10.1. The molecule has 0 bridgehead atoms. The summed E-state index contributed by atoms with van der Waals surface area (Å²) in [6, 6.07) is 6.05. The summed E-state index contributed by atoms with van der Waals surface area (Å²) in [7, 11) is 0. The smallest absolute Gasteiger partial charge is 0.318 e. The Labute approximate surface area is 127 Å². The predicted octanol–water partition coefficient (Wildman–Crippen LogP) is 3.13. The fraction of sp³-hybridized carbons (Fsp3) is 0.467. The van der Waals surface area contributed by atoms with E-state index in [0.29, 0.717) is 6.54 Å². The average molecular weight is 305 g/mol. The first-order valence-corrected chi connectivity index (χ1v) is 8.12. The van der Waals surface area contributed by atoms with Gasteiger partial charge in [0.25, 0.3) is 0 Å². The monoisotopic (exact) mass is 305 g/mol. The molecule has 1 aliphatic heterocycles. The molecule has 0 saturated carbocycles. The van der Waals surface area contributed by atoms with Gasteiger partial charge in [-0.3, -0.25) is 0 Å². The maximum Gasteiger partial charge on any atom is 0.318 e. The minimum absolute atomic E-state index is 0.0110. The zero-order valence-electron chi connectivity index (χ0n) is 12.0. The minimum Gasteiger partial charge on any atom is -0.359 e. The molecule has 5 nitrogen and oxygen atoms in total. The van der Waals surface area contributed by atoms with Gasteiger partial charge in [0, 0.05) is 24.0 Å². The van der Waals surface area contributed by atoms with Gasteiger partial charge in [0.1, 0.15) is 0 Å². The van der Waals surface area contributed by atoms with Gasteiger partial charge in [-0.1, -0.05) is 11.2 Å². The van der Waals surface area contributed by atoms with Crippen LogP contribution in [0.1, 0.15) is 35.2 Å². The third kappa shape index (κ3) is 3.26. The van der Waals surface area contributed by atoms with E-state index in [-0.39, 0.29) is 12.1 Å². The van der Waals surface area contributed by atoms with Crippen molar-refractivity contribution in [1.29, 1.82) is 0 Å². The first-order chi connectivity index (χ1) is 10.2. The highest BCUT2D eigenvalue weighted by Crippen LogP contribution is 2.32. The second kappa shape index (κ2) is 6.30. The number of carbonyl (C=O) groups excluding carboxylic acids is 1. The van der Waals surface area contributed by atoms with Gasteiger partial charge in [-0.15, -0.1) is 11.3 Å². The Bertz CT molecular complexity index is 594. The lowest BCUT2D eigenvalue weighted by molar-refractivity contribution is 0.182. The summed E-state index contributed by atoms with van der Waals surface area (Å²) >= 11 is 1.72. The molecule has 3 heterocycles. The Morgan fingerprint density at radius 1 is 1.62 bits per heavy atom. The molecule has 1 saturated heterocycles. The maximum absolute atomic E-state index is 12.3. The Kier molecular flexibility index (Phi) is 4.24. The summed E-state index contributed by atoms with van der Waals surface area (Å²) in [6.07, 6.45) is 2.82. The second-order valence-corrected chi connectivity index (χ2v) is 6.32. The van der Waals surface area contributed by atoms with Gasteiger partial charge in [-0.2, -0.15) is 0 Å². The summed E-state index contributed by atoms with van der Waals surface area (Å²) in [5, 5.41) is 8.98. The third-order valence-electron chi connectivity index (χ3n) is 3.72. The van der Waals surface area contributed by atoms with Crippen LogP contribution in [0.2, 0.25) is 0 Å². The summed E-state index contributed by atoms with van der Waals surface area (Å²) in [6.45, 7) is 3.33. The van der Waals surface area contributed by atoms with Crippen molar-refractivity contribution in [3.8, 4) is 0 Å². The predicted molar refractivity (Wildman–Crippen MR) is 81.3 cm³/mol. The van der Waals surface area contributed by atoms with E-state index >= 15 is 0 Å². The normalized spacial score (nSPS) is 18.1. The number of rotatable bonds is 4. The van der Waals surface area contributed by atoms with Gasteiger partial charge < -0.3 is 14.7 Å². The van der Waals surface area contributed by atoms with Crippen LogP contribution < -0.4 is 5.32 Å². The van der Waals surface area contributed by atoms with Gasteiger partial charge in [0.15, 0.2) is 5.76 Å². The molecule has 1 atom stereocenters. The van der Waals surface area contributed by atoms with Crippen molar-refractivity contribution < 1.29 is 9.32 Å². The third-order valence-corrected chi connectivity index (χ3v) is 4.65. The van der Waals surface area contributed by atoms with E-state index < -0.39 is 0 Å². The van der Waals surface area contributed by atoms with Gasteiger partial charge in [0.2, 0.25) is 0 Å². The fourth-order valence-corrected chi connectivity index (χ4v) is 3.40. The molecular formula is C15H19N3O2S. The molecule has 0 aliphatic carbocycles. The highest BCUT2D eigenvalue weighted by molar-refractivity contribution is 7.09. The van der Waals surface area contributed by atoms with Crippen LogP contribution in [0.3, 0.4) is 0 Å². The standard InChI is InChI=1S/C15H19N3O2S/c1-11-10-14(20-17-11)13-5-2-8-18(13)15(19)16-7-6-12-4-3-9-21-12/h3-4,9-10,13H,2,5-8H2,1H3,(H,16,19)/t13-/m1/s1. The van der Waals surface area contributed by atoms with E-state index in [1.54, 1.807) is 11.3 Å². The van der Waals surface area contributed by atoms with Crippen LogP contribution in [0.15, 0.2) is 28.1 Å². The molecule has 1 fully saturated rings. The number of nitrogens with zero attached hydrogens (tertiary/aromatic N) is 2. The van der Waals surface area contributed by atoms with Crippen molar-refractivity contribution in [3.05, 3.63) is 39.9 Å². The summed E-state index contributed by atoms with van der Waals surface area (Å²) in [5.74, 6) is 0.790. The molecule has 0 unspecified atom stereocenters. The largest absolute Gasteiger partial charge is 0.359 e. The lowest BCUT2D eigenvalue weighted by Gasteiger charge is -2.22. The minimum atomic E-state index is -0.0110. The zero-order chi connectivity index (χ0) is 14.7. The van der Waals surface area contributed by atoms with Gasteiger partial charge in [-0.25, -0.2) is 4.79 Å². The van der Waals surface area contributed by atoms with Gasteiger partial charge in [-0.05, 0) is 37.6 Å². The second-order valence-electron chi connectivity index (χ2n) is 5.28. The van der Waals surface area contributed by atoms with Crippen molar-refractivity contribution in [3.63, 3.8) is 0 Å². The molecule has 2 aromatic rings. The van der Waals surface area contributed by atoms with Crippen LogP contribution >= 0.6 is 11.3 Å². The number of likely N-dealkylation sites (tertiary alicyclic amines) is 1. The van der Waals surface area contributed by atoms with Crippen LogP contribution in [0, 0.1) is 6.92 Å². The number of urea groups is 1. The Morgan fingerprint density at radius 2 is 2.52 bits per heavy atom. The Hall–Kier alpha value is -1.82. The molecule has 0 aromatic carbocycles. The average Bonchev–Trinajstić information content (AvgIpc) is 3.18. The van der Waals surface area contributed by atoms with Crippen molar-refractivity contribution in [2.24, 2.45) is 0 Å². The van der Waals surface area contributed by atoms with E-state index in [9.17, 15) is 4.79 Å². The molecule has 2 amide bonds. The van der Waals surface area contributed by atoms with Gasteiger partial charge in [0.05, 0.1) is 11.7 Å². The van der Waals surface area contributed by atoms with Crippen molar-refractivity contribution in [2.45, 2.75) is 32.2 Å². The van der Waals surface area contributed by atoms with Crippen molar-refractivity contribution in [2.75, 3.05) is 13.1 Å². The van der Waals surface area contributed by atoms with Crippen molar-refractivity contribution in [1.82, 2.24) is 15.4 Å². The number of thiophene rings is 1. The number of amides is 2. The topological polar surface area (TPSA) is 58.4 Å². The van der Waals surface area contributed by atoms with E-state index in [1.807, 2.05) is 24.0 Å². The molecule has 112 valence electrons. The summed E-state index contributed by atoms with van der Waals surface area (Å²) < 4.78 is 5.32. The highest BCUT2D eigenvalue weighted by atomic mass is 32.1. The maximum atomic E-state index is 12.3. The number of aryl methyl sites for hydroxylation is 1. The number of carbonyl (C=O) groups is 1. The summed E-state index contributed by atoms with van der Waals surface area (Å²) in [5.41, 5.74) is 0.856. The number of aromatic nitrogens is 1. The van der Waals surface area contributed by atoms with Crippen LogP contribution in [0.5, 0.6) is 0 Å². The Balaban J connectivity index is 1.55. The van der Waals surface area contributed by atoms with Crippen LogP contribution in [0.25, 0.3) is 0 Å². The highest BCUT2D eigenvalue weighted by Gasteiger charge is 2.32. The van der Waals surface area contributed by atoms with Gasteiger partial charge >= 0.3 is 6.03 Å². The van der Waals surface area contributed by atoms with E-state index in [1.165, 1.54) is 4.88 Å². The van der Waals surface area contributed by atoms with Crippen LogP contribution in [-0.4, -0.2) is 29.2 Å². The fourth-order valence-electron chi connectivity index (χ4n) is 2.69. The number of hydrogen-bond acceptors (Lipinski definition) is 4. The quantitative estimate of drug-likeness (QED) is 0.944. The first kappa shape index (κ1) is 14.1. The van der Waals surface area contributed by atoms with E-state index in [0.717, 1.165) is 37.3 Å². The SMILES string of the molecule is Cc1cc([C@H]2CCCN2C(=O)NCCc2cccs2)on1. The first-order valence-electron chi connectivity index (χ1n) is 7.24. The molecular weight excluding hydrogens is 286 g/mol. The molecule has 1 aliphatic rings. The van der Waals surface area contributed by atoms with Crippen LogP contribution in [-0.2, 0) is 6.42 Å². The molecule has 0 radical (unpaired) electrons. The molecule has 1 N–H and O–H groups in total. The van der Waals surface area contributed by atoms with Crippen LogP contribution in [0.4, 0.5) is 4.79 Å². The molecule has 21 heavy (non-hydrogen) atoms. The summed E-state index contributed by atoms with van der Waals surface area (Å²) in [4.78, 5) is 15.5. The molecule has 3 rings (SSSR count). The van der Waals surface area contributed by atoms with E-state index in [2.05, 4.69) is 21.9 Å².